The molecule has 0 heterocycles. The highest BCUT2D eigenvalue weighted by Crippen LogP contribution is 2.17. The molecule has 2 rings (SSSR count). The maximum atomic E-state index is 12.9. The average molecular weight is 418 g/mol. The van der Waals surface area contributed by atoms with Gasteiger partial charge in [0.15, 0.2) is 0 Å². The van der Waals surface area contributed by atoms with Crippen LogP contribution in [0, 0.1) is 0 Å². The lowest BCUT2D eigenvalue weighted by Gasteiger charge is -2.22. The number of nitrogens with zero attached hydrogens (tertiary/aromatic N) is 2. The Kier molecular flexibility index (Phi) is 7.08. The van der Waals surface area contributed by atoms with Gasteiger partial charge in [-0.2, -0.15) is 0 Å². The Morgan fingerprint density at radius 1 is 0.966 bits per heavy atom. The van der Waals surface area contributed by atoms with Crippen molar-refractivity contribution in [3.63, 3.8) is 0 Å². The summed E-state index contributed by atoms with van der Waals surface area (Å²) in [7, 11) is 0.343. The van der Waals surface area contributed by atoms with Gasteiger partial charge in [0.2, 0.25) is 10.0 Å². The fourth-order valence-electron chi connectivity index (χ4n) is 2.87. The third-order valence-electron chi connectivity index (χ3n) is 4.35. The molecular weight excluding hydrogens is 386 g/mol. The van der Waals surface area contributed by atoms with E-state index in [0.29, 0.717) is 18.7 Å². The van der Waals surface area contributed by atoms with E-state index in [2.05, 4.69) is 4.72 Å². The number of sulfonamides is 1. The van der Waals surface area contributed by atoms with E-state index in [1.807, 2.05) is 50.2 Å². The van der Waals surface area contributed by atoms with Crippen molar-refractivity contribution in [2.24, 2.45) is 0 Å². The summed E-state index contributed by atoms with van der Waals surface area (Å²) in [6.07, 6.45) is 0. The zero-order valence-electron chi connectivity index (χ0n) is 18.1. The summed E-state index contributed by atoms with van der Waals surface area (Å²) < 4.78 is 27.5. The van der Waals surface area contributed by atoms with Gasteiger partial charge in [-0.25, -0.2) is 13.1 Å². The second kappa shape index (κ2) is 8.97. The maximum absolute atomic E-state index is 12.9. The lowest BCUT2D eigenvalue weighted by molar-refractivity contribution is 0.0752. The molecule has 1 N–H and O–H groups in total. The number of benzene rings is 2. The lowest BCUT2D eigenvalue weighted by atomic mass is 10.1. The molecule has 29 heavy (non-hydrogen) atoms. The van der Waals surface area contributed by atoms with Crippen molar-refractivity contribution in [3.05, 3.63) is 59.7 Å². The van der Waals surface area contributed by atoms with Crippen LogP contribution >= 0.6 is 0 Å². The molecule has 0 aliphatic carbocycles. The molecule has 0 aromatic heterocycles. The van der Waals surface area contributed by atoms with Crippen molar-refractivity contribution in [3.8, 4) is 0 Å². The van der Waals surface area contributed by atoms with Crippen LogP contribution in [0.2, 0.25) is 0 Å². The van der Waals surface area contributed by atoms with Crippen molar-refractivity contribution in [1.82, 2.24) is 9.62 Å². The summed E-state index contributed by atoms with van der Waals surface area (Å²) in [5, 5.41) is 0. The van der Waals surface area contributed by atoms with E-state index in [-0.39, 0.29) is 10.8 Å². The molecule has 2 aromatic carbocycles. The third kappa shape index (κ3) is 6.30. The molecule has 0 unspecified atom stereocenters. The van der Waals surface area contributed by atoms with Crippen LogP contribution in [0.25, 0.3) is 0 Å². The van der Waals surface area contributed by atoms with Gasteiger partial charge in [-0.05, 0) is 69.7 Å². The normalized spacial score (nSPS) is 11.9. The van der Waals surface area contributed by atoms with Gasteiger partial charge in [-0.1, -0.05) is 12.1 Å². The Morgan fingerprint density at radius 3 is 1.97 bits per heavy atom. The fraction of sp³-hybridized carbons (Fsp3) is 0.409. The third-order valence-corrected chi connectivity index (χ3v) is 6.12. The Bertz CT molecular complexity index is 929. The minimum absolute atomic E-state index is 0.128. The van der Waals surface area contributed by atoms with E-state index >= 15 is 0 Å². The van der Waals surface area contributed by atoms with Crippen LogP contribution in [0.5, 0.6) is 0 Å². The Hall–Kier alpha value is -2.38. The molecule has 0 aliphatic heterocycles. The highest BCUT2D eigenvalue weighted by molar-refractivity contribution is 7.89. The van der Waals surface area contributed by atoms with Crippen LogP contribution in [0.15, 0.2) is 53.4 Å². The van der Waals surface area contributed by atoms with Gasteiger partial charge < -0.3 is 9.80 Å². The largest absolute Gasteiger partial charge is 0.378 e. The van der Waals surface area contributed by atoms with Gasteiger partial charge in [-0.15, -0.1) is 0 Å². The minimum atomic E-state index is -3.62. The lowest BCUT2D eigenvalue weighted by Crippen LogP contribution is -2.40. The second-order valence-corrected chi connectivity index (χ2v) is 9.94. The molecule has 6 nitrogen and oxygen atoms in total. The van der Waals surface area contributed by atoms with Crippen molar-refractivity contribution in [2.45, 2.75) is 44.7 Å². The van der Waals surface area contributed by atoms with E-state index < -0.39 is 15.6 Å². The molecule has 0 bridgehead atoms. The molecule has 0 spiro atoms. The Balaban J connectivity index is 2.15. The van der Waals surface area contributed by atoms with Crippen LogP contribution in [-0.4, -0.2) is 45.4 Å². The number of rotatable bonds is 7. The first-order valence-electron chi connectivity index (χ1n) is 9.62. The van der Waals surface area contributed by atoms with E-state index in [0.717, 1.165) is 11.3 Å². The average Bonchev–Trinajstić information content (AvgIpc) is 2.64. The number of nitrogens with one attached hydrogen (secondary N) is 1. The predicted octanol–water partition coefficient (Wildman–Crippen LogP) is 3.49. The summed E-state index contributed by atoms with van der Waals surface area (Å²) >= 11 is 0. The zero-order chi connectivity index (χ0) is 21.8. The van der Waals surface area contributed by atoms with Gasteiger partial charge in [0.25, 0.3) is 5.91 Å². The van der Waals surface area contributed by atoms with Gasteiger partial charge in [-0.3, -0.25) is 4.79 Å². The first-order chi connectivity index (χ1) is 13.4. The summed E-state index contributed by atoms with van der Waals surface area (Å²) in [4.78, 5) is 16.8. The van der Waals surface area contributed by atoms with Gasteiger partial charge in [0, 0.05) is 44.0 Å². The van der Waals surface area contributed by atoms with Crippen molar-refractivity contribution in [1.29, 1.82) is 0 Å². The van der Waals surface area contributed by atoms with Crippen molar-refractivity contribution >= 4 is 21.6 Å². The quantitative estimate of drug-likeness (QED) is 0.749. The number of anilines is 1. The molecule has 158 valence electrons. The molecule has 0 saturated carbocycles. The first-order valence-corrected chi connectivity index (χ1v) is 11.1. The minimum Gasteiger partial charge on any atom is -0.378 e. The van der Waals surface area contributed by atoms with E-state index in [1.165, 1.54) is 12.1 Å². The summed E-state index contributed by atoms with van der Waals surface area (Å²) in [5.74, 6) is -0.128. The molecule has 1 amide bonds. The van der Waals surface area contributed by atoms with Crippen molar-refractivity contribution in [2.75, 3.05) is 25.5 Å². The molecule has 0 fully saturated rings. The van der Waals surface area contributed by atoms with Crippen LogP contribution < -0.4 is 9.62 Å². The standard InChI is InChI=1S/C22H31N3O3S/c1-7-25(16-17-8-12-19(13-9-17)24(5)6)21(26)18-10-14-20(15-11-18)29(27,28)23-22(2,3)4/h8-15,23H,7,16H2,1-6H3. The highest BCUT2D eigenvalue weighted by Gasteiger charge is 2.22. The highest BCUT2D eigenvalue weighted by atomic mass is 32.2. The predicted molar refractivity (Wildman–Crippen MR) is 118 cm³/mol. The summed E-state index contributed by atoms with van der Waals surface area (Å²) in [6.45, 7) is 8.33. The van der Waals surface area contributed by atoms with Gasteiger partial charge in [0.1, 0.15) is 0 Å². The van der Waals surface area contributed by atoms with Crippen molar-refractivity contribution < 1.29 is 13.2 Å². The zero-order valence-corrected chi connectivity index (χ0v) is 18.9. The van der Waals surface area contributed by atoms with Gasteiger partial charge in [0.05, 0.1) is 4.90 Å². The van der Waals surface area contributed by atoms with E-state index in [9.17, 15) is 13.2 Å². The second-order valence-electron chi connectivity index (χ2n) is 8.26. The van der Waals surface area contributed by atoms with Crippen LogP contribution in [0.4, 0.5) is 5.69 Å². The first kappa shape index (κ1) is 22.9. The van der Waals surface area contributed by atoms with E-state index in [1.54, 1.807) is 37.8 Å². The molecule has 0 radical (unpaired) electrons. The number of hydrogen-bond acceptors (Lipinski definition) is 4. The molecule has 2 aromatic rings. The van der Waals surface area contributed by atoms with Crippen LogP contribution in [0.3, 0.4) is 0 Å². The monoisotopic (exact) mass is 417 g/mol. The number of amides is 1. The fourth-order valence-corrected chi connectivity index (χ4v) is 4.29. The smallest absolute Gasteiger partial charge is 0.254 e. The molecular formula is C22H31N3O3S. The number of carbonyl (C=O) groups is 1. The Labute approximate surface area is 174 Å². The molecule has 0 saturated heterocycles. The van der Waals surface area contributed by atoms with Gasteiger partial charge >= 0.3 is 0 Å². The number of hydrogen-bond donors (Lipinski definition) is 1. The van der Waals surface area contributed by atoms with E-state index in [4.69, 9.17) is 0 Å². The topological polar surface area (TPSA) is 69.7 Å². The summed E-state index contributed by atoms with van der Waals surface area (Å²) in [6, 6.07) is 14.2. The van der Waals surface area contributed by atoms with Crippen LogP contribution in [-0.2, 0) is 16.6 Å². The SMILES string of the molecule is CCN(Cc1ccc(N(C)C)cc1)C(=O)c1ccc(S(=O)(=O)NC(C)(C)C)cc1. The Morgan fingerprint density at radius 2 is 1.52 bits per heavy atom. The molecule has 0 atom stereocenters. The van der Waals surface area contributed by atoms with Crippen LogP contribution in [0.1, 0.15) is 43.6 Å². The molecule has 7 heteroatoms. The number of carbonyl (C=O) groups excluding carboxylic acids is 1. The molecule has 0 aliphatic rings. The summed E-state index contributed by atoms with van der Waals surface area (Å²) in [5.41, 5.74) is 2.03. The maximum Gasteiger partial charge on any atom is 0.254 e.